The van der Waals surface area contributed by atoms with Gasteiger partial charge in [-0.15, -0.1) is 0 Å². The van der Waals surface area contributed by atoms with Crippen molar-refractivity contribution in [3.63, 3.8) is 0 Å². The standard InChI is InChI=1S/C13H26N2O2/c1-2-3-4-9-15-12(16)11-5-7-13(17,10-14)8-6-11/h11,17H,2-10,14H2,1H3,(H,15,16). The van der Waals surface area contributed by atoms with Crippen molar-refractivity contribution in [1.29, 1.82) is 0 Å². The number of nitrogens with two attached hydrogens (primary N) is 1. The summed E-state index contributed by atoms with van der Waals surface area (Å²) in [4.78, 5) is 11.8. The number of hydrogen-bond acceptors (Lipinski definition) is 3. The highest BCUT2D eigenvalue weighted by Gasteiger charge is 2.34. The van der Waals surface area contributed by atoms with Crippen molar-refractivity contribution >= 4 is 5.91 Å². The zero-order valence-electron chi connectivity index (χ0n) is 10.9. The Balaban J connectivity index is 2.22. The molecular weight excluding hydrogens is 216 g/mol. The first-order chi connectivity index (χ1) is 8.11. The summed E-state index contributed by atoms with van der Waals surface area (Å²) in [5.41, 5.74) is 4.80. The molecule has 0 heterocycles. The number of aliphatic hydroxyl groups is 1. The van der Waals surface area contributed by atoms with Gasteiger partial charge < -0.3 is 16.2 Å². The zero-order valence-corrected chi connectivity index (χ0v) is 10.9. The van der Waals surface area contributed by atoms with E-state index in [-0.39, 0.29) is 11.8 Å². The van der Waals surface area contributed by atoms with E-state index in [0.717, 1.165) is 32.2 Å². The Kier molecular flexibility index (Phi) is 5.92. The maximum atomic E-state index is 11.8. The van der Waals surface area contributed by atoms with Crippen LogP contribution in [-0.4, -0.2) is 29.7 Å². The van der Waals surface area contributed by atoms with E-state index in [1.807, 2.05) is 0 Å². The van der Waals surface area contributed by atoms with E-state index in [4.69, 9.17) is 5.73 Å². The van der Waals surface area contributed by atoms with Gasteiger partial charge in [-0.05, 0) is 32.1 Å². The molecule has 0 aliphatic heterocycles. The Morgan fingerprint density at radius 2 is 2.06 bits per heavy atom. The lowest BCUT2D eigenvalue weighted by molar-refractivity contribution is -0.127. The third kappa shape index (κ3) is 4.64. The summed E-state index contributed by atoms with van der Waals surface area (Å²) in [6.07, 6.45) is 6.20. The van der Waals surface area contributed by atoms with Crippen LogP contribution in [0.25, 0.3) is 0 Å². The van der Waals surface area contributed by atoms with Crippen molar-refractivity contribution in [2.24, 2.45) is 11.7 Å². The minimum atomic E-state index is -0.723. The Morgan fingerprint density at radius 1 is 1.41 bits per heavy atom. The molecule has 1 aliphatic rings. The van der Waals surface area contributed by atoms with Crippen molar-refractivity contribution in [2.75, 3.05) is 13.1 Å². The van der Waals surface area contributed by atoms with Crippen LogP contribution in [0.5, 0.6) is 0 Å². The Bertz CT molecular complexity index is 236. The molecule has 1 aliphatic carbocycles. The van der Waals surface area contributed by atoms with Crippen molar-refractivity contribution in [1.82, 2.24) is 5.32 Å². The van der Waals surface area contributed by atoms with Gasteiger partial charge in [0.15, 0.2) is 0 Å². The molecule has 0 saturated heterocycles. The summed E-state index contributed by atoms with van der Waals surface area (Å²) in [7, 11) is 0. The van der Waals surface area contributed by atoms with Gasteiger partial charge >= 0.3 is 0 Å². The van der Waals surface area contributed by atoms with Gasteiger partial charge in [-0.2, -0.15) is 0 Å². The first kappa shape index (κ1) is 14.5. The quantitative estimate of drug-likeness (QED) is 0.612. The van der Waals surface area contributed by atoms with E-state index in [9.17, 15) is 9.90 Å². The molecule has 1 amide bonds. The molecule has 0 aromatic rings. The molecule has 4 nitrogen and oxygen atoms in total. The zero-order chi connectivity index (χ0) is 12.7. The predicted molar refractivity (Wildman–Crippen MR) is 68.5 cm³/mol. The molecular formula is C13H26N2O2. The van der Waals surface area contributed by atoms with E-state index < -0.39 is 5.60 Å². The van der Waals surface area contributed by atoms with Crippen molar-refractivity contribution in [3.8, 4) is 0 Å². The van der Waals surface area contributed by atoms with Crippen LogP contribution >= 0.6 is 0 Å². The Labute approximate surface area is 104 Å². The molecule has 1 rings (SSSR count). The average Bonchev–Trinajstić information content (AvgIpc) is 2.35. The lowest BCUT2D eigenvalue weighted by Gasteiger charge is -2.34. The van der Waals surface area contributed by atoms with Crippen LogP contribution in [0.1, 0.15) is 51.9 Å². The average molecular weight is 242 g/mol. The third-order valence-electron chi connectivity index (χ3n) is 3.75. The van der Waals surface area contributed by atoms with E-state index in [1.165, 1.54) is 6.42 Å². The molecule has 100 valence electrons. The fourth-order valence-corrected chi connectivity index (χ4v) is 2.35. The predicted octanol–water partition coefficient (Wildman–Crippen LogP) is 1.17. The number of nitrogens with one attached hydrogen (secondary N) is 1. The number of hydrogen-bond donors (Lipinski definition) is 3. The summed E-state index contributed by atoms with van der Waals surface area (Å²) in [5.74, 6) is 0.226. The first-order valence-corrected chi connectivity index (χ1v) is 6.81. The van der Waals surface area contributed by atoms with Crippen LogP contribution in [0.4, 0.5) is 0 Å². The summed E-state index contributed by atoms with van der Waals surface area (Å²) < 4.78 is 0. The second-order valence-corrected chi connectivity index (χ2v) is 5.20. The Hall–Kier alpha value is -0.610. The lowest BCUT2D eigenvalue weighted by Crippen LogP contribution is -2.44. The lowest BCUT2D eigenvalue weighted by atomic mass is 9.78. The summed E-state index contributed by atoms with van der Waals surface area (Å²) >= 11 is 0. The molecule has 4 N–H and O–H groups in total. The fraction of sp³-hybridized carbons (Fsp3) is 0.923. The minimum absolute atomic E-state index is 0.0726. The van der Waals surface area contributed by atoms with Gasteiger partial charge in [-0.1, -0.05) is 19.8 Å². The normalized spacial score (nSPS) is 29.0. The van der Waals surface area contributed by atoms with Gasteiger partial charge in [-0.3, -0.25) is 4.79 Å². The second-order valence-electron chi connectivity index (χ2n) is 5.20. The van der Waals surface area contributed by atoms with Crippen LogP contribution in [0.15, 0.2) is 0 Å². The van der Waals surface area contributed by atoms with Gasteiger partial charge in [0, 0.05) is 19.0 Å². The van der Waals surface area contributed by atoms with E-state index in [0.29, 0.717) is 19.4 Å². The van der Waals surface area contributed by atoms with Crippen molar-refractivity contribution in [3.05, 3.63) is 0 Å². The van der Waals surface area contributed by atoms with Gasteiger partial charge in [0.1, 0.15) is 0 Å². The highest BCUT2D eigenvalue weighted by atomic mass is 16.3. The maximum absolute atomic E-state index is 11.8. The SMILES string of the molecule is CCCCCNC(=O)C1CCC(O)(CN)CC1. The summed E-state index contributed by atoms with van der Waals surface area (Å²) in [5, 5.41) is 12.9. The maximum Gasteiger partial charge on any atom is 0.223 e. The number of carbonyl (C=O) groups is 1. The highest BCUT2D eigenvalue weighted by molar-refractivity contribution is 5.78. The molecule has 1 saturated carbocycles. The number of unbranched alkanes of at least 4 members (excludes halogenated alkanes) is 2. The minimum Gasteiger partial charge on any atom is -0.389 e. The molecule has 0 radical (unpaired) electrons. The summed E-state index contributed by atoms with van der Waals surface area (Å²) in [6, 6.07) is 0. The van der Waals surface area contributed by atoms with Gasteiger partial charge in [-0.25, -0.2) is 0 Å². The van der Waals surface area contributed by atoms with Crippen LogP contribution in [0.3, 0.4) is 0 Å². The largest absolute Gasteiger partial charge is 0.389 e. The topological polar surface area (TPSA) is 75.3 Å². The smallest absolute Gasteiger partial charge is 0.223 e. The first-order valence-electron chi connectivity index (χ1n) is 6.81. The molecule has 4 heteroatoms. The van der Waals surface area contributed by atoms with Crippen LogP contribution in [-0.2, 0) is 4.79 Å². The fourth-order valence-electron chi connectivity index (χ4n) is 2.35. The highest BCUT2D eigenvalue weighted by Crippen LogP contribution is 2.31. The van der Waals surface area contributed by atoms with Gasteiger partial charge in [0.25, 0.3) is 0 Å². The van der Waals surface area contributed by atoms with E-state index >= 15 is 0 Å². The molecule has 0 unspecified atom stereocenters. The van der Waals surface area contributed by atoms with Crippen molar-refractivity contribution < 1.29 is 9.90 Å². The second kappa shape index (κ2) is 6.97. The Morgan fingerprint density at radius 3 is 2.59 bits per heavy atom. The number of amides is 1. The molecule has 0 aromatic heterocycles. The molecule has 0 atom stereocenters. The molecule has 0 aromatic carbocycles. The van der Waals surface area contributed by atoms with Crippen molar-refractivity contribution in [2.45, 2.75) is 57.5 Å². The summed E-state index contributed by atoms with van der Waals surface area (Å²) in [6.45, 7) is 3.23. The number of rotatable bonds is 6. The van der Waals surface area contributed by atoms with Crippen LogP contribution in [0, 0.1) is 5.92 Å². The molecule has 17 heavy (non-hydrogen) atoms. The van der Waals surface area contributed by atoms with E-state index in [2.05, 4.69) is 12.2 Å². The van der Waals surface area contributed by atoms with Gasteiger partial charge in [0.2, 0.25) is 5.91 Å². The molecule has 0 spiro atoms. The van der Waals surface area contributed by atoms with Gasteiger partial charge in [0.05, 0.1) is 5.60 Å². The molecule has 0 bridgehead atoms. The van der Waals surface area contributed by atoms with Crippen LogP contribution < -0.4 is 11.1 Å². The van der Waals surface area contributed by atoms with E-state index in [1.54, 1.807) is 0 Å². The molecule has 1 fully saturated rings. The third-order valence-corrected chi connectivity index (χ3v) is 3.75. The monoisotopic (exact) mass is 242 g/mol. The number of carbonyl (C=O) groups excluding carboxylic acids is 1. The van der Waals surface area contributed by atoms with Crippen LogP contribution in [0.2, 0.25) is 0 Å².